The first-order valence-corrected chi connectivity index (χ1v) is 5.68. The predicted molar refractivity (Wildman–Crippen MR) is 51.0 cm³/mol. The van der Waals surface area contributed by atoms with E-state index in [-0.39, 0.29) is 0 Å². The standard InChI is InChI=1S/C11H19NO/c12-6-11(13)8-4-7-2-1-3-10(11)9(7)5-8/h7-10,13H,1-6,12H2. The van der Waals surface area contributed by atoms with Crippen LogP contribution in [0.25, 0.3) is 0 Å². The molecule has 0 aromatic heterocycles. The minimum Gasteiger partial charge on any atom is -0.388 e. The fourth-order valence-corrected chi connectivity index (χ4v) is 4.45. The van der Waals surface area contributed by atoms with Gasteiger partial charge in [-0.05, 0) is 42.9 Å². The minimum atomic E-state index is -0.471. The van der Waals surface area contributed by atoms with Crippen molar-refractivity contribution >= 4 is 0 Å². The van der Waals surface area contributed by atoms with Gasteiger partial charge in [0, 0.05) is 6.54 Å². The van der Waals surface area contributed by atoms with Crippen LogP contribution in [0.4, 0.5) is 0 Å². The van der Waals surface area contributed by atoms with Crippen LogP contribution < -0.4 is 5.73 Å². The number of nitrogens with two attached hydrogens (primary N) is 1. The minimum absolute atomic E-state index is 0.471. The smallest absolute Gasteiger partial charge is 0.0828 e. The molecular weight excluding hydrogens is 162 g/mol. The number of hydrogen-bond donors (Lipinski definition) is 2. The zero-order chi connectivity index (χ0) is 9.05. The largest absolute Gasteiger partial charge is 0.388 e. The van der Waals surface area contributed by atoms with Crippen molar-refractivity contribution in [2.75, 3.05) is 6.54 Å². The van der Waals surface area contributed by atoms with Gasteiger partial charge in [0.25, 0.3) is 0 Å². The third-order valence-electron chi connectivity index (χ3n) is 5.03. The van der Waals surface area contributed by atoms with Gasteiger partial charge in [0.1, 0.15) is 0 Å². The zero-order valence-corrected chi connectivity index (χ0v) is 8.08. The maximum atomic E-state index is 10.5. The van der Waals surface area contributed by atoms with Crippen molar-refractivity contribution in [3.05, 3.63) is 0 Å². The average Bonchev–Trinajstić information content (AvgIpc) is 2.68. The quantitative estimate of drug-likeness (QED) is 0.637. The predicted octanol–water partition coefficient (Wildman–Crippen LogP) is 1.13. The van der Waals surface area contributed by atoms with Gasteiger partial charge in [-0.3, -0.25) is 0 Å². The Morgan fingerprint density at radius 2 is 2.15 bits per heavy atom. The maximum absolute atomic E-state index is 10.5. The molecule has 13 heavy (non-hydrogen) atoms. The molecular formula is C11H19NO. The first-order valence-electron chi connectivity index (χ1n) is 5.68. The number of aliphatic hydroxyl groups is 1. The van der Waals surface area contributed by atoms with Gasteiger partial charge in [-0.25, -0.2) is 0 Å². The molecule has 3 aliphatic rings. The van der Waals surface area contributed by atoms with Crippen molar-refractivity contribution in [3.8, 4) is 0 Å². The summed E-state index contributed by atoms with van der Waals surface area (Å²) in [6.07, 6.45) is 6.49. The summed E-state index contributed by atoms with van der Waals surface area (Å²) in [6, 6.07) is 0. The van der Waals surface area contributed by atoms with Gasteiger partial charge in [0.15, 0.2) is 0 Å². The number of hydrogen-bond acceptors (Lipinski definition) is 2. The number of fused-ring (bicyclic) bond motifs is 1. The molecule has 3 fully saturated rings. The summed E-state index contributed by atoms with van der Waals surface area (Å²) in [4.78, 5) is 0. The van der Waals surface area contributed by atoms with Crippen molar-refractivity contribution in [2.24, 2.45) is 29.4 Å². The average molecular weight is 181 g/mol. The highest BCUT2D eigenvalue weighted by atomic mass is 16.3. The van der Waals surface area contributed by atoms with E-state index in [1.165, 1.54) is 32.1 Å². The van der Waals surface area contributed by atoms with Crippen LogP contribution in [0.2, 0.25) is 0 Å². The van der Waals surface area contributed by atoms with Gasteiger partial charge in [0.05, 0.1) is 5.60 Å². The lowest BCUT2D eigenvalue weighted by Gasteiger charge is -2.45. The van der Waals surface area contributed by atoms with Crippen LogP contribution in [0.5, 0.6) is 0 Å². The second-order valence-electron chi connectivity index (χ2n) is 5.33. The summed E-state index contributed by atoms with van der Waals surface area (Å²) in [5.74, 6) is 2.86. The van der Waals surface area contributed by atoms with Crippen LogP contribution in [0.3, 0.4) is 0 Å². The Morgan fingerprint density at radius 1 is 1.31 bits per heavy atom. The number of rotatable bonds is 1. The van der Waals surface area contributed by atoms with Gasteiger partial charge < -0.3 is 10.8 Å². The normalized spacial score (nSPS) is 58.6. The van der Waals surface area contributed by atoms with Crippen LogP contribution in [0, 0.1) is 23.7 Å². The second kappa shape index (κ2) is 2.48. The first-order chi connectivity index (χ1) is 6.25. The molecule has 5 atom stereocenters. The van der Waals surface area contributed by atoms with E-state index in [1.54, 1.807) is 0 Å². The molecule has 0 aromatic rings. The summed E-state index contributed by atoms with van der Waals surface area (Å²) in [5, 5.41) is 10.5. The summed E-state index contributed by atoms with van der Waals surface area (Å²) in [5.41, 5.74) is 5.27. The lowest BCUT2D eigenvalue weighted by molar-refractivity contribution is -0.0808. The van der Waals surface area contributed by atoms with Gasteiger partial charge in [-0.1, -0.05) is 12.8 Å². The van der Waals surface area contributed by atoms with E-state index in [9.17, 15) is 5.11 Å². The molecule has 0 heterocycles. The van der Waals surface area contributed by atoms with E-state index in [2.05, 4.69) is 0 Å². The van der Waals surface area contributed by atoms with Crippen LogP contribution in [-0.4, -0.2) is 17.3 Å². The van der Waals surface area contributed by atoms with E-state index in [1.807, 2.05) is 0 Å². The van der Waals surface area contributed by atoms with E-state index in [0.717, 1.165) is 11.8 Å². The Hall–Kier alpha value is -0.0800. The van der Waals surface area contributed by atoms with Crippen LogP contribution >= 0.6 is 0 Å². The third kappa shape index (κ3) is 0.861. The van der Waals surface area contributed by atoms with Gasteiger partial charge in [-0.2, -0.15) is 0 Å². The highest BCUT2D eigenvalue weighted by molar-refractivity contribution is 5.11. The van der Waals surface area contributed by atoms with Crippen LogP contribution in [-0.2, 0) is 0 Å². The van der Waals surface area contributed by atoms with E-state index in [0.29, 0.717) is 18.4 Å². The highest BCUT2D eigenvalue weighted by Crippen LogP contribution is 2.61. The topological polar surface area (TPSA) is 46.2 Å². The van der Waals surface area contributed by atoms with Gasteiger partial charge in [0.2, 0.25) is 0 Å². The zero-order valence-electron chi connectivity index (χ0n) is 8.08. The maximum Gasteiger partial charge on any atom is 0.0828 e. The molecule has 0 amide bonds. The lowest BCUT2D eigenvalue weighted by atomic mass is 9.64. The van der Waals surface area contributed by atoms with E-state index < -0.39 is 5.60 Å². The summed E-state index contributed by atoms with van der Waals surface area (Å²) < 4.78 is 0. The molecule has 0 aromatic carbocycles. The molecule has 3 aliphatic carbocycles. The summed E-state index contributed by atoms with van der Waals surface area (Å²) >= 11 is 0. The van der Waals surface area contributed by atoms with Crippen molar-refractivity contribution in [3.63, 3.8) is 0 Å². The monoisotopic (exact) mass is 181 g/mol. The molecule has 3 saturated carbocycles. The molecule has 0 spiro atoms. The molecule has 0 aliphatic heterocycles. The van der Waals surface area contributed by atoms with Crippen LogP contribution in [0.1, 0.15) is 32.1 Å². The second-order valence-corrected chi connectivity index (χ2v) is 5.33. The molecule has 2 nitrogen and oxygen atoms in total. The fraction of sp³-hybridized carbons (Fsp3) is 1.00. The summed E-state index contributed by atoms with van der Waals surface area (Å²) in [7, 11) is 0. The lowest BCUT2D eigenvalue weighted by Crippen LogP contribution is -2.52. The Bertz CT molecular complexity index is 228. The van der Waals surface area contributed by atoms with E-state index in [4.69, 9.17) is 5.73 Å². The fourth-order valence-electron chi connectivity index (χ4n) is 4.45. The SMILES string of the molecule is NCC1(O)C2CC3CCCC1C3C2. The summed E-state index contributed by atoms with van der Waals surface area (Å²) in [6.45, 7) is 0.492. The molecule has 74 valence electrons. The van der Waals surface area contributed by atoms with Gasteiger partial charge in [-0.15, -0.1) is 0 Å². The molecule has 0 saturated heterocycles. The molecule has 5 unspecified atom stereocenters. The Labute approximate surface area is 79.5 Å². The van der Waals surface area contributed by atoms with Crippen molar-refractivity contribution in [2.45, 2.75) is 37.7 Å². The molecule has 3 rings (SSSR count). The van der Waals surface area contributed by atoms with Crippen LogP contribution in [0.15, 0.2) is 0 Å². The highest BCUT2D eigenvalue weighted by Gasteiger charge is 2.60. The molecule has 2 heteroatoms. The van der Waals surface area contributed by atoms with Crippen molar-refractivity contribution in [1.82, 2.24) is 0 Å². The molecule has 3 N–H and O–H groups in total. The Balaban J connectivity index is 1.94. The Kier molecular flexibility index (Phi) is 1.58. The van der Waals surface area contributed by atoms with Crippen molar-refractivity contribution in [1.29, 1.82) is 0 Å². The van der Waals surface area contributed by atoms with E-state index >= 15 is 0 Å². The Morgan fingerprint density at radius 3 is 2.92 bits per heavy atom. The molecule has 2 bridgehead atoms. The van der Waals surface area contributed by atoms with Crippen molar-refractivity contribution < 1.29 is 5.11 Å². The molecule has 0 radical (unpaired) electrons. The third-order valence-corrected chi connectivity index (χ3v) is 5.03. The van der Waals surface area contributed by atoms with Gasteiger partial charge >= 0.3 is 0 Å². The first kappa shape index (κ1) is 8.25.